The molecule has 1 unspecified atom stereocenters. The summed E-state index contributed by atoms with van der Waals surface area (Å²) in [5.74, 6) is 2.20. The molecule has 0 aromatic carbocycles. The van der Waals surface area contributed by atoms with Crippen LogP contribution in [0.3, 0.4) is 0 Å². The van der Waals surface area contributed by atoms with Crippen LogP contribution in [0.2, 0.25) is 0 Å². The molecule has 0 amide bonds. The number of rotatable bonds is 4. The molecule has 2 aromatic heterocycles. The predicted octanol–water partition coefficient (Wildman–Crippen LogP) is 0.631. The molecule has 0 spiro atoms. The first-order chi connectivity index (χ1) is 9.36. The van der Waals surface area contributed by atoms with Crippen LogP contribution in [0.5, 0.6) is 0 Å². The normalized spacial score (nSPS) is 19.8. The summed E-state index contributed by atoms with van der Waals surface area (Å²) in [6, 6.07) is 1.88. The van der Waals surface area contributed by atoms with E-state index < -0.39 is 0 Å². The molecule has 1 aliphatic rings. The third kappa shape index (κ3) is 2.60. The molecule has 3 N–H and O–H groups in total. The summed E-state index contributed by atoms with van der Waals surface area (Å²) in [5.41, 5.74) is 0.863. The fourth-order valence-electron chi connectivity index (χ4n) is 2.60. The number of nitrogens with one attached hydrogen (secondary N) is 3. The Hall–Kier alpha value is -1.89. The second-order valence-corrected chi connectivity index (χ2v) is 4.97. The lowest BCUT2D eigenvalue weighted by atomic mass is 9.98. The smallest absolute Gasteiger partial charge is 0.245 e. The second-order valence-electron chi connectivity index (χ2n) is 4.97. The van der Waals surface area contributed by atoms with Crippen molar-refractivity contribution in [1.29, 1.82) is 0 Å². The molecule has 3 heterocycles. The number of piperidine rings is 1. The average Bonchev–Trinajstić information content (AvgIpc) is 3.11. The van der Waals surface area contributed by atoms with E-state index in [9.17, 15) is 0 Å². The van der Waals surface area contributed by atoms with E-state index in [1.165, 1.54) is 12.8 Å². The van der Waals surface area contributed by atoms with Gasteiger partial charge in [0.1, 0.15) is 5.69 Å². The molecular weight excluding hydrogens is 242 g/mol. The van der Waals surface area contributed by atoms with E-state index in [2.05, 4.69) is 35.6 Å². The second kappa shape index (κ2) is 5.40. The summed E-state index contributed by atoms with van der Waals surface area (Å²) in [4.78, 5) is 6.79. The summed E-state index contributed by atoms with van der Waals surface area (Å²) >= 11 is 0. The van der Waals surface area contributed by atoms with Gasteiger partial charge < -0.3 is 10.2 Å². The van der Waals surface area contributed by atoms with Crippen molar-refractivity contribution in [2.75, 3.05) is 31.6 Å². The van der Waals surface area contributed by atoms with Gasteiger partial charge in [-0.15, -0.1) is 5.10 Å². The van der Waals surface area contributed by atoms with Crippen LogP contribution in [-0.2, 0) is 0 Å². The van der Waals surface area contributed by atoms with Crippen LogP contribution in [-0.4, -0.2) is 52.1 Å². The fraction of sp³-hybridized carbons (Fsp3) is 0.583. The monoisotopic (exact) mass is 261 g/mol. The molecule has 1 fully saturated rings. The molecule has 3 rings (SSSR count). The first kappa shape index (κ1) is 12.2. The number of aromatic amines is 2. The summed E-state index contributed by atoms with van der Waals surface area (Å²) in [5, 5.41) is 17.3. The minimum atomic E-state index is 0.674. The molecule has 7 nitrogen and oxygen atoms in total. The Kier molecular flexibility index (Phi) is 3.45. The van der Waals surface area contributed by atoms with Gasteiger partial charge in [0.15, 0.2) is 5.82 Å². The summed E-state index contributed by atoms with van der Waals surface area (Å²) in [6.45, 7) is 3.09. The van der Waals surface area contributed by atoms with Crippen LogP contribution in [0.25, 0.3) is 11.5 Å². The van der Waals surface area contributed by atoms with Gasteiger partial charge in [0, 0.05) is 19.3 Å². The first-order valence-electron chi connectivity index (χ1n) is 6.68. The van der Waals surface area contributed by atoms with E-state index in [1.807, 2.05) is 13.1 Å². The quantitative estimate of drug-likeness (QED) is 0.751. The Morgan fingerprint density at radius 1 is 1.47 bits per heavy atom. The molecule has 2 aromatic rings. The summed E-state index contributed by atoms with van der Waals surface area (Å²) in [6.07, 6.45) is 4.18. The lowest BCUT2D eigenvalue weighted by molar-refractivity contribution is 0.399. The van der Waals surface area contributed by atoms with Crippen molar-refractivity contribution >= 4 is 5.95 Å². The van der Waals surface area contributed by atoms with E-state index in [0.717, 1.165) is 37.1 Å². The van der Waals surface area contributed by atoms with E-state index in [0.29, 0.717) is 5.92 Å². The van der Waals surface area contributed by atoms with Crippen molar-refractivity contribution in [2.45, 2.75) is 12.8 Å². The van der Waals surface area contributed by atoms with E-state index in [-0.39, 0.29) is 0 Å². The van der Waals surface area contributed by atoms with Crippen LogP contribution < -0.4 is 10.2 Å². The number of aromatic nitrogens is 5. The van der Waals surface area contributed by atoms with E-state index >= 15 is 0 Å². The number of H-pyrrole nitrogens is 2. The predicted molar refractivity (Wildman–Crippen MR) is 72.8 cm³/mol. The van der Waals surface area contributed by atoms with Gasteiger partial charge in [-0.1, -0.05) is 0 Å². The maximum Gasteiger partial charge on any atom is 0.245 e. The van der Waals surface area contributed by atoms with Crippen LogP contribution >= 0.6 is 0 Å². The standard InChI is InChI=1S/C12H19N7/c1-13-7-9-3-2-6-19(8-9)12-15-11(17-18-12)10-4-5-14-16-10/h4-5,9,13H,2-3,6-8H2,1H3,(H,14,16)(H,15,17,18). The number of anilines is 1. The number of hydrogen-bond donors (Lipinski definition) is 3. The Bertz CT molecular complexity index is 502. The molecule has 102 valence electrons. The van der Waals surface area contributed by atoms with Gasteiger partial charge >= 0.3 is 0 Å². The first-order valence-corrected chi connectivity index (χ1v) is 6.68. The molecule has 19 heavy (non-hydrogen) atoms. The lowest BCUT2D eigenvalue weighted by Gasteiger charge is -2.31. The third-order valence-corrected chi connectivity index (χ3v) is 3.52. The van der Waals surface area contributed by atoms with Gasteiger partial charge in [-0.05, 0) is 38.4 Å². The maximum absolute atomic E-state index is 4.54. The topological polar surface area (TPSA) is 85.5 Å². The summed E-state index contributed by atoms with van der Waals surface area (Å²) in [7, 11) is 2.00. The van der Waals surface area contributed by atoms with Crippen molar-refractivity contribution in [3.05, 3.63) is 12.3 Å². The molecule has 0 radical (unpaired) electrons. The van der Waals surface area contributed by atoms with Crippen molar-refractivity contribution in [1.82, 2.24) is 30.7 Å². The highest BCUT2D eigenvalue weighted by Crippen LogP contribution is 2.21. The van der Waals surface area contributed by atoms with Gasteiger partial charge in [0.2, 0.25) is 5.95 Å². The Morgan fingerprint density at radius 2 is 2.42 bits per heavy atom. The van der Waals surface area contributed by atoms with Crippen molar-refractivity contribution in [3.63, 3.8) is 0 Å². The fourth-order valence-corrected chi connectivity index (χ4v) is 2.60. The highest BCUT2D eigenvalue weighted by atomic mass is 15.4. The average molecular weight is 261 g/mol. The number of hydrogen-bond acceptors (Lipinski definition) is 5. The van der Waals surface area contributed by atoms with Crippen LogP contribution in [0, 0.1) is 5.92 Å². The minimum Gasteiger partial charge on any atom is -0.339 e. The molecule has 1 aliphatic heterocycles. The van der Waals surface area contributed by atoms with Crippen LogP contribution in [0.1, 0.15) is 12.8 Å². The maximum atomic E-state index is 4.54. The SMILES string of the molecule is CNCC1CCCN(c2n[nH]c(-c3ccn[nH]3)n2)C1. The van der Waals surface area contributed by atoms with Crippen LogP contribution in [0.15, 0.2) is 12.3 Å². The minimum absolute atomic E-state index is 0.674. The molecule has 1 saturated heterocycles. The highest BCUT2D eigenvalue weighted by molar-refractivity contribution is 5.50. The third-order valence-electron chi connectivity index (χ3n) is 3.52. The van der Waals surface area contributed by atoms with Gasteiger partial charge in [-0.25, -0.2) is 0 Å². The molecule has 7 heteroatoms. The molecule has 0 saturated carbocycles. The molecule has 0 aliphatic carbocycles. The van der Waals surface area contributed by atoms with Gasteiger partial charge in [-0.3, -0.25) is 10.2 Å². The van der Waals surface area contributed by atoms with Crippen molar-refractivity contribution in [2.24, 2.45) is 5.92 Å². The molecular formula is C12H19N7. The lowest BCUT2D eigenvalue weighted by Crippen LogP contribution is -2.39. The van der Waals surface area contributed by atoms with E-state index in [1.54, 1.807) is 6.20 Å². The van der Waals surface area contributed by atoms with Gasteiger partial charge in [0.25, 0.3) is 0 Å². The zero-order valence-electron chi connectivity index (χ0n) is 11.1. The van der Waals surface area contributed by atoms with Gasteiger partial charge in [-0.2, -0.15) is 10.1 Å². The molecule has 0 bridgehead atoms. The van der Waals surface area contributed by atoms with Gasteiger partial charge in [0.05, 0.1) is 0 Å². The Balaban J connectivity index is 1.72. The zero-order chi connectivity index (χ0) is 13.1. The highest BCUT2D eigenvalue weighted by Gasteiger charge is 2.22. The van der Waals surface area contributed by atoms with E-state index in [4.69, 9.17) is 0 Å². The van der Waals surface area contributed by atoms with Crippen molar-refractivity contribution < 1.29 is 0 Å². The largest absolute Gasteiger partial charge is 0.339 e. The van der Waals surface area contributed by atoms with Crippen molar-refractivity contribution in [3.8, 4) is 11.5 Å². The Labute approximate surface area is 111 Å². The van der Waals surface area contributed by atoms with Crippen LogP contribution in [0.4, 0.5) is 5.95 Å². The number of nitrogens with zero attached hydrogens (tertiary/aromatic N) is 4. The Morgan fingerprint density at radius 3 is 3.21 bits per heavy atom. The summed E-state index contributed by atoms with van der Waals surface area (Å²) < 4.78 is 0. The zero-order valence-corrected chi connectivity index (χ0v) is 11.1. The molecule has 1 atom stereocenters.